The molecule has 0 saturated heterocycles. The van der Waals surface area contributed by atoms with E-state index in [-0.39, 0.29) is 6.42 Å². The average molecular weight is 359 g/mol. The number of ether oxygens (including phenoxy) is 1. The summed E-state index contributed by atoms with van der Waals surface area (Å²) >= 11 is 0. The molecule has 0 aromatic rings. The van der Waals surface area contributed by atoms with Gasteiger partial charge in [-0.15, -0.1) is 0 Å². The van der Waals surface area contributed by atoms with Gasteiger partial charge in [-0.2, -0.15) is 0 Å². The molecule has 0 amide bonds. The van der Waals surface area contributed by atoms with Gasteiger partial charge in [0, 0.05) is 13.0 Å². The van der Waals surface area contributed by atoms with Crippen molar-refractivity contribution in [1.29, 1.82) is 0 Å². The molecule has 0 spiro atoms. The molecular weight excluding hydrogens is 320 g/mol. The van der Waals surface area contributed by atoms with Gasteiger partial charge in [-0.1, -0.05) is 77.6 Å². The minimum Gasteiger partial charge on any atom is -0.481 e. The molecule has 0 aromatic carbocycles. The van der Waals surface area contributed by atoms with Crippen molar-refractivity contribution < 1.29 is 24.5 Å². The Morgan fingerprint density at radius 3 is 1.84 bits per heavy atom. The van der Waals surface area contributed by atoms with Crippen molar-refractivity contribution in [2.24, 2.45) is 0 Å². The van der Waals surface area contributed by atoms with Crippen LogP contribution in [-0.2, 0) is 14.3 Å². The summed E-state index contributed by atoms with van der Waals surface area (Å²) in [5, 5.41) is 17.8. The maximum absolute atomic E-state index is 11.2. The lowest BCUT2D eigenvalue weighted by Gasteiger charge is -2.13. The second kappa shape index (κ2) is 17.7. The van der Waals surface area contributed by atoms with E-state index in [4.69, 9.17) is 9.84 Å². The molecule has 0 rings (SSSR count). The third-order valence-corrected chi connectivity index (χ3v) is 4.45. The topological polar surface area (TPSA) is 83.8 Å². The van der Waals surface area contributed by atoms with E-state index in [1.165, 1.54) is 25.7 Å². The van der Waals surface area contributed by atoms with Crippen molar-refractivity contribution in [3.63, 3.8) is 0 Å². The van der Waals surface area contributed by atoms with E-state index in [0.29, 0.717) is 13.0 Å². The lowest BCUT2D eigenvalue weighted by atomic mass is 10.1. The van der Waals surface area contributed by atoms with Gasteiger partial charge in [0.15, 0.2) is 6.10 Å². The van der Waals surface area contributed by atoms with E-state index >= 15 is 0 Å². The predicted molar refractivity (Wildman–Crippen MR) is 99.9 cm³/mol. The van der Waals surface area contributed by atoms with Gasteiger partial charge in [-0.05, 0) is 19.3 Å². The highest BCUT2D eigenvalue weighted by molar-refractivity contribution is 5.72. The van der Waals surface area contributed by atoms with Crippen LogP contribution in [0.1, 0.15) is 103 Å². The molecule has 1 atom stereocenters. The summed E-state index contributed by atoms with van der Waals surface area (Å²) < 4.78 is 5.54. The van der Waals surface area contributed by atoms with Crippen LogP contribution in [0.25, 0.3) is 0 Å². The zero-order valence-electron chi connectivity index (χ0n) is 16.0. The number of aliphatic carboxylic acids is 2. The Labute approximate surface area is 153 Å². The first-order valence-electron chi connectivity index (χ1n) is 10.1. The third kappa shape index (κ3) is 17.5. The van der Waals surface area contributed by atoms with E-state index < -0.39 is 18.0 Å². The van der Waals surface area contributed by atoms with E-state index in [1.54, 1.807) is 0 Å². The van der Waals surface area contributed by atoms with E-state index in [2.05, 4.69) is 6.92 Å². The van der Waals surface area contributed by atoms with E-state index in [0.717, 1.165) is 57.8 Å². The summed E-state index contributed by atoms with van der Waals surface area (Å²) in [5.41, 5.74) is 0. The van der Waals surface area contributed by atoms with Crippen molar-refractivity contribution in [3.8, 4) is 0 Å². The molecule has 5 heteroatoms. The van der Waals surface area contributed by atoms with Crippen LogP contribution >= 0.6 is 0 Å². The van der Waals surface area contributed by atoms with Crippen molar-refractivity contribution in [3.05, 3.63) is 0 Å². The fourth-order valence-electron chi connectivity index (χ4n) is 2.88. The number of hydrogen-bond acceptors (Lipinski definition) is 3. The molecule has 0 aliphatic rings. The summed E-state index contributed by atoms with van der Waals surface area (Å²) in [5.74, 6) is -1.56. The first-order valence-corrected chi connectivity index (χ1v) is 10.1. The molecule has 2 N–H and O–H groups in total. The highest BCUT2D eigenvalue weighted by Gasteiger charge is 2.16. The highest BCUT2D eigenvalue weighted by Crippen LogP contribution is 2.12. The molecule has 0 bridgehead atoms. The minimum absolute atomic E-state index is 0.267. The lowest BCUT2D eigenvalue weighted by molar-refractivity contribution is -0.151. The van der Waals surface area contributed by atoms with Crippen molar-refractivity contribution in [1.82, 2.24) is 0 Å². The van der Waals surface area contributed by atoms with Crippen LogP contribution in [0.3, 0.4) is 0 Å². The molecule has 0 fully saturated rings. The monoisotopic (exact) mass is 358 g/mol. The molecule has 0 saturated carbocycles. The summed E-state index contributed by atoms with van der Waals surface area (Å²) in [4.78, 5) is 21.6. The van der Waals surface area contributed by atoms with Gasteiger partial charge in [0.2, 0.25) is 0 Å². The maximum Gasteiger partial charge on any atom is 0.332 e. The fraction of sp³-hybridized carbons (Fsp3) is 0.900. The SMILES string of the molecule is CCCCCCCCC(OCCCCCCCCCC(=O)O)C(=O)O. The first-order chi connectivity index (χ1) is 12.1. The number of carboxylic acids is 2. The van der Waals surface area contributed by atoms with Crippen LogP contribution in [-0.4, -0.2) is 34.9 Å². The molecular formula is C20H38O5. The van der Waals surface area contributed by atoms with Gasteiger partial charge < -0.3 is 14.9 Å². The van der Waals surface area contributed by atoms with Crippen molar-refractivity contribution in [2.45, 2.75) is 109 Å². The van der Waals surface area contributed by atoms with E-state index in [1.807, 2.05) is 0 Å². The van der Waals surface area contributed by atoms with Crippen LogP contribution in [0.5, 0.6) is 0 Å². The molecule has 0 aliphatic carbocycles. The molecule has 0 aliphatic heterocycles. The van der Waals surface area contributed by atoms with Crippen LogP contribution in [0.4, 0.5) is 0 Å². The van der Waals surface area contributed by atoms with Crippen LogP contribution in [0, 0.1) is 0 Å². The smallest absolute Gasteiger partial charge is 0.332 e. The molecule has 1 unspecified atom stereocenters. The Morgan fingerprint density at radius 2 is 1.28 bits per heavy atom. The standard InChI is InChI=1S/C20H38O5/c1-2-3-4-5-9-12-15-18(20(23)24)25-17-14-11-8-6-7-10-13-16-19(21)22/h18H,2-17H2,1H3,(H,21,22)(H,23,24). The van der Waals surface area contributed by atoms with Crippen LogP contribution in [0.15, 0.2) is 0 Å². The normalized spacial score (nSPS) is 12.2. The van der Waals surface area contributed by atoms with E-state index in [9.17, 15) is 14.7 Å². The van der Waals surface area contributed by atoms with Crippen LogP contribution < -0.4 is 0 Å². The van der Waals surface area contributed by atoms with Gasteiger partial charge in [0.05, 0.1) is 0 Å². The average Bonchev–Trinajstić information content (AvgIpc) is 2.57. The summed E-state index contributed by atoms with van der Waals surface area (Å²) in [6.45, 7) is 2.71. The summed E-state index contributed by atoms with van der Waals surface area (Å²) in [6, 6.07) is 0. The number of unbranched alkanes of at least 4 members (excludes halogenated alkanes) is 11. The second-order valence-corrected chi connectivity index (χ2v) is 6.87. The number of hydrogen-bond donors (Lipinski definition) is 2. The number of carboxylic acid groups (broad SMARTS) is 2. The third-order valence-electron chi connectivity index (χ3n) is 4.45. The Hall–Kier alpha value is -1.10. The van der Waals surface area contributed by atoms with Gasteiger partial charge >= 0.3 is 11.9 Å². The summed E-state index contributed by atoms with van der Waals surface area (Å²) in [7, 11) is 0. The highest BCUT2D eigenvalue weighted by atomic mass is 16.5. The van der Waals surface area contributed by atoms with Gasteiger partial charge in [0.25, 0.3) is 0 Å². The van der Waals surface area contributed by atoms with Gasteiger partial charge in [0.1, 0.15) is 0 Å². The Bertz CT molecular complexity index is 330. The van der Waals surface area contributed by atoms with Crippen LogP contribution in [0.2, 0.25) is 0 Å². The van der Waals surface area contributed by atoms with Gasteiger partial charge in [-0.25, -0.2) is 4.79 Å². The largest absolute Gasteiger partial charge is 0.481 e. The quantitative estimate of drug-likeness (QED) is 0.301. The predicted octanol–water partition coefficient (Wildman–Crippen LogP) is 5.41. The molecule has 25 heavy (non-hydrogen) atoms. The minimum atomic E-state index is -0.841. The molecule has 0 radical (unpaired) electrons. The number of rotatable bonds is 19. The zero-order chi connectivity index (χ0) is 18.8. The molecule has 148 valence electrons. The summed E-state index contributed by atoms with van der Waals surface area (Å²) in [6.07, 6.45) is 14.1. The Morgan fingerprint density at radius 1 is 0.760 bits per heavy atom. The maximum atomic E-state index is 11.2. The Balaban J connectivity index is 3.48. The number of carbonyl (C=O) groups is 2. The Kier molecular flexibility index (Phi) is 16.9. The first kappa shape index (κ1) is 23.9. The fourth-order valence-corrected chi connectivity index (χ4v) is 2.88. The van der Waals surface area contributed by atoms with Gasteiger partial charge in [-0.3, -0.25) is 4.79 Å². The van der Waals surface area contributed by atoms with Crippen molar-refractivity contribution >= 4 is 11.9 Å². The lowest BCUT2D eigenvalue weighted by Crippen LogP contribution is -2.24. The molecule has 5 nitrogen and oxygen atoms in total. The molecule has 0 aromatic heterocycles. The molecule has 0 heterocycles. The second-order valence-electron chi connectivity index (χ2n) is 6.87. The zero-order valence-corrected chi connectivity index (χ0v) is 16.0. The van der Waals surface area contributed by atoms with Crippen molar-refractivity contribution in [2.75, 3.05) is 6.61 Å².